The van der Waals surface area contributed by atoms with Crippen LogP contribution in [-0.4, -0.2) is 43.8 Å². The molecule has 0 aromatic heterocycles. The van der Waals surface area contributed by atoms with E-state index in [1.165, 1.54) is 0 Å². The van der Waals surface area contributed by atoms with Crippen molar-refractivity contribution in [3.05, 3.63) is 59.7 Å². The molecule has 0 unspecified atom stereocenters. The third kappa shape index (κ3) is 4.58. The number of sulfone groups is 1. The summed E-state index contributed by atoms with van der Waals surface area (Å²) in [5.41, 5.74) is 8.48. The molecule has 3 N–H and O–H groups in total. The molecule has 1 amide bonds. The van der Waals surface area contributed by atoms with Crippen LogP contribution in [0.4, 0.5) is 11.4 Å². The number of nitrogen functional groups attached to an aromatic ring is 1. The van der Waals surface area contributed by atoms with Crippen LogP contribution < -0.4 is 11.1 Å². The second-order valence-electron chi connectivity index (χ2n) is 6.17. The summed E-state index contributed by atoms with van der Waals surface area (Å²) in [6, 6.07) is 14.5. The van der Waals surface area contributed by atoms with Gasteiger partial charge in [0, 0.05) is 25.2 Å². The molecule has 0 atom stereocenters. The lowest BCUT2D eigenvalue weighted by Crippen LogP contribution is -2.39. The number of nitrogens with one attached hydrogen (secondary N) is 1. The predicted molar refractivity (Wildman–Crippen MR) is 99.2 cm³/mol. The Balaban J connectivity index is 1.67. The number of anilines is 2. The minimum atomic E-state index is -2.89. The first-order chi connectivity index (χ1) is 11.9. The molecule has 0 aliphatic carbocycles. The van der Waals surface area contributed by atoms with Gasteiger partial charge in [-0.25, -0.2) is 8.42 Å². The number of carbonyl (C=O) groups excluding carboxylic acids is 1. The first kappa shape index (κ1) is 17.4. The van der Waals surface area contributed by atoms with Crippen LogP contribution in [0.3, 0.4) is 0 Å². The van der Waals surface area contributed by atoms with Crippen molar-refractivity contribution in [1.82, 2.24) is 4.90 Å². The molecule has 1 heterocycles. The highest BCUT2D eigenvalue weighted by Gasteiger charge is 2.21. The van der Waals surface area contributed by atoms with E-state index >= 15 is 0 Å². The van der Waals surface area contributed by atoms with E-state index in [1.54, 1.807) is 18.2 Å². The second kappa shape index (κ2) is 7.25. The lowest BCUT2D eigenvalue weighted by molar-refractivity contribution is 0.102. The van der Waals surface area contributed by atoms with E-state index in [2.05, 4.69) is 10.2 Å². The lowest BCUT2D eigenvalue weighted by atomic mass is 10.1. The van der Waals surface area contributed by atoms with Crippen molar-refractivity contribution in [2.75, 3.05) is 35.6 Å². The quantitative estimate of drug-likeness (QED) is 0.812. The number of nitrogens with two attached hydrogens (primary N) is 1. The SMILES string of the molecule is Nc1ccccc1NC(=O)c1cccc(CN2CCS(=O)(=O)CC2)c1. The van der Waals surface area contributed by atoms with Crippen molar-refractivity contribution < 1.29 is 13.2 Å². The molecule has 25 heavy (non-hydrogen) atoms. The molecular weight excluding hydrogens is 338 g/mol. The van der Waals surface area contributed by atoms with Crippen molar-refractivity contribution in [2.24, 2.45) is 0 Å². The van der Waals surface area contributed by atoms with Crippen LogP contribution >= 0.6 is 0 Å². The van der Waals surface area contributed by atoms with Gasteiger partial charge in [-0.2, -0.15) is 0 Å². The summed E-state index contributed by atoms with van der Waals surface area (Å²) >= 11 is 0. The molecule has 0 bridgehead atoms. The van der Waals surface area contributed by atoms with Crippen LogP contribution in [0.25, 0.3) is 0 Å². The van der Waals surface area contributed by atoms with E-state index in [0.29, 0.717) is 36.6 Å². The maximum absolute atomic E-state index is 12.4. The number of hydrogen-bond donors (Lipinski definition) is 2. The molecular formula is C18H21N3O3S. The first-order valence-corrected chi connectivity index (χ1v) is 9.93. The summed E-state index contributed by atoms with van der Waals surface area (Å²) in [6.07, 6.45) is 0. The van der Waals surface area contributed by atoms with E-state index < -0.39 is 9.84 Å². The molecule has 6 nitrogen and oxygen atoms in total. The maximum Gasteiger partial charge on any atom is 0.255 e. The normalized spacial score (nSPS) is 17.1. The Hall–Kier alpha value is -2.38. The van der Waals surface area contributed by atoms with Crippen LogP contribution in [0.1, 0.15) is 15.9 Å². The molecule has 0 saturated carbocycles. The Morgan fingerprint density at radius 3 is 2.52 bits per heavy atom. The number of amides is 1. The molecule has 1 saturated heterocycles. The van der Waals surface area contributed by atoms with Crippen LogP contribution in [-0.2, 0) is 16.4 Å². The van der Waals surface area contributed by atoms with E-state index in [9.17, 15) is 13.2 Å². The highest BCUT2D eigenvalue weighted by molar-refractivity contribution is 7.91. The van der Waals surface area contributed by atoms with Gasteiger partial charge in [0.15, 0.2) is 9.84 Å². The second-order valence-corrected chi connectivity index (χ2v) is 8.47. The Labute approximate surface area is 147 Å². The topological polar surface area (TPSA) is 92.5 Å². The molecule has 0 radical (unpaired) electrons. The van der Waals surface area contributed by atoms with Gasteiger partial charge in [-0.05, 0) is 29.8 Å². The number of rotatable bonds is 4. The third-order valence-electron chi connectivity index (χ3n) is 4.24. The molecule has 132 valence electrons. The summed E-state index contributed by atoms with van der Waals surface area (Å²) in [7, 11) is -2.89. The van der Waals surface area contributed by atoms with Gasteiger partial charge in [-0.3, -0.25) is 9.69 Å². The summed E-state index contributed by atoms with van der Waals surface area (Å²) < 4.78 is 23.0. The molecule has 2 aromatic carbocycles. The third-order valence-corrected chi connectivity index (χ3v) is 5.85. The molecule has 1 fully saturated rings. The van der Waals surface area contributed by atoms with E-state index in [-0.39, 0.29) is 17.4 Å². The van der Waals surface area contributed by atoms with Gasteiger partial charge in [0.25, 0.3) is 5.91 Å². The molecule has 7 heteroatoms. The van der Waals surface area contributed by atoms with Crippen LogP contribution in [0.2, 0.25) is 0 Å². The minimum absolute atomic E-state index is 0.195. The zero-order valence-electron chi connectivity index (χ0n) is 13.8. The molecule has 3 rings (SSSR count). The first-order valence-electron chi connectivity index (χ1n) is 8.10. The Kier molecular flexibility index (Phi) is 5.06. The van der Waals surface area contributed by atoms with E-state index in [0.717, 1.165) is 5.56 Å². The minimum Gasteiger partial charge on any atom is -0.397 e. The fraction of sp³-hybridized carbons (Fsp3) is 0.278. The Morgan fingerprint density at radius 2 is 1.80 bits per heavy atom. The van der Waals surface area contributed by atoms with Crippen LogP contribution in [0.5, 0.6) is 0 Å². The van der Waals surface area contributed by atoms with Gasteiger partial charge in [0.2, 0.25) is 0 Å². The predicted octanol–water partition coefficient (Wildman–Crippen LogP) is 1.75. The zero-order valence-corrected chi connectivity index (χ0v) is 14.6. The van der Waals surface area contributed by atoms with Crippen molar-refractivity contribution in [2.45, 2.75) is 6.54 Å². The molecule has 1 aliphatic rings. The highest BCUT2D eigenvalue weighted by atomic mass is 32.2. The smallest absolute Gasteiger partial charge is 0.255 e. The van der Waals surface area contributed by atoms with E-state index in [1.807, 2.05) is 30.3 Å². The molecule has 1 aliphatic heterocycles. The standard InChI is InChI=1S/C18H21N3O3S/c19-16-6-1-2-7-17(16)20-18(22)15-5-3-4-14(12-15)13-21-8-10-25(23,24)11-9-21/h1-7,12H,8-11,13,19H2,(H,20,22). The largest absolute Gasteiger partial charge is 0.397 e. The number of nitrogens with zero attached hydrogens (tertiary/aromatic N) is 1. The van der Waals surface area contributed by atoms with Gasteiger partial charge in [0.05, 0.1) is 22.9 Å². The summed E-state index contributed by atoms with van der Waals surface area (Å²) in [5.74, 6) is 0.168. The van der Waals surface area contributed by atoms with Crippen LogP contribution in [0.15, 0.2) is 48.5 Å². The van der Waals surface area contributed by atoms with Gasteiger partial charge in [-0.15, -0.1) is 0 Å². The van der Waals surface area contributed by atoms with Crippen LogP contribution in [0, 0.1) is 0 Å². The van der Waals surface area contributed by atoms with Crippen molar-refractivity contribution in [1.29, 1.82) is 0 Å². The summed E-state index contributed by atoms with van der Waals surface area (Å²) in [6.45, 7) is 1.68. The molecule has 0 spiro atoms. The Bertz CT molecular complexity index is 867. The van der Waals surface area contributed by atoms with Crippen molar-refractivity contribution >= 4 is 27.1 Å². The zero-order chi connectivity index (χ0) is 17.9. The maximum atomic E-state index is 12.4. The number of carbonyl (C=O) groups is 1. The monoisotopic (exact) mass is 359 g/mol. The lowest BCUT2D eigenvalue weighted by Gasteiger charge is -2.26. The fourth-order valence-corrected chi connectivity index (χ4v) is 4.06. The average molecular weight is 359 g/mol. The van der Waals surface area contributed by atoms with Crippen molar-refractivity contribution in [3.8, 4) is 0 Å². The summed E-state index contributed by atoms with van der Waals surface area (Å²) in [4.78, 5) is 14.5. The number of hydrogen-bond acceptors (Lipinski definition) is 5. The van der Waals surface area contributed by atoms with Crippen molar-refractivity contribution in [3.63, 3.8) is 0 Å². The average Bonchev–Trinajstić information content (AvgIpc) is 2.59. The number of para-hydroxylation sites is 2. The number of benzene rings is 2. The van der Waals surface area contributed by atoms with Gasteiger partial charge in [-0.1, -0.05) is 24.3 Å². The van der Waals surface area contributed by atoms with E-state index in [4.69, 9.17) is 5.73 Å². The highest BCUT2D eigenvalue weighted by Crippen LogP contribution is 2.18. The van der Waals surface area contributed by atoms with Gasteiger partial charge >= 0.3 is 0 Å². The fourth-order valence-electron chi connectivity index (χ4n) is 2.78. The summed E-state index contributed by atoms with van der Waals surface area (Å²) in [5, 5.41) is 2.81. The van der Waals surface area contributed by atoms with Gasteiger partial charge in [0.1, 0.15) is 0 Å². The Morgan fingerprint density at radius 1 is 1.08 bits per heavy atom. The van der Waals surface area contributed by atoms with Gasteiger partial charge < -0.3 is 11.1 Å². The molecule has 2 aromatic rings.